The second-order valence-corrected chi connectivity index (χ2v) is 5.03. The van der Waals surface area contributed by atoms with E-state index in [1.54, 1.807) is 31.4 Å². The Labute approximate surface area is 139 Å². The van der Waals surface area contributed by atoms with Gasteiger partial charge in [0.25, 0.3) is 11.8 Å². The summed E-state index contributed by atoms with van der Waals surface area (Å²) >= 11 is 0. The highest BCUT2D eigenvalue weighted by Crippen LogP contribution is 2.28. The number of hydrazine groups is 1. The molecule has 2 aromatic rings. The summed E-state index contributed by atoms with van der Waals surface area (Å²) in [6, 6.07) is 4.81. The van der Waals surface area contributed by atoms with Crippen LogP contribution in [0, 0.1) is 0 Å². The third-order valence-corrected chi connectivity index (χ3v) is 3.14. The van der Waals surface area contributed by atoms with Crippen molar-refractivity contribution >= 4 is 11.8 Å². The van der Waals surface area contributed by atoms with Gasteiger partial charge in [0.05, 0.1) is 25.5 Å². The number of aryl methyl sites for hydroxylation is 1. The quantitative estimate of drug-likeness (QED) is 0.778. The summed E-state index contributed by atoms with van der Waals surface area (Å²) in [5.74, 6) is 0.101. The fraction of sp³-hybridized carbons (Fsp3) is 0.312. The van der Waals surface area contributed by atoms with Gasteiger partial charge >= 0.3 is 0 Å². The molecule has 0 atom stereocenters. The smallest absolute Gasteiger partial charge is 0.272 e. The van der Waals surface area contributed by atoms with Crippen LogP contribution < -0.4 is 20.3 Å². The normalized spacial score (nSPS) is 10.1. The van der Waals surface area contributed by atoms with E-state index in [1.165, 1.54) is 18.0 Å². The number of hydrogen-bond acceptors (Lipinski definition) is 5. The number of ether oxygens (including phenoxy) is 2. The molecule has 0 aliphatic carbocycles. The van der Waals surface area contributed by atoms with Gasteiger partial charge in [-0.2, -0.15) is 5.10 Å². The molecule has 0 fully saturated rings. The topological polar surface area (TPSA) is 94.5 Å². The lowest BCUT2D eigenvalue weighted by atomic mass is 10.2. The Kier molecular flexibility index (Phi) is 5.78. The highest BCUT2D eigenvalue weighted by Gasteiger charge is 2.13. The van der Waals surface area contributed by atoms with Crippen molar-refractivity contribution < 1.29 is 19.1 Å². The van der Waals surface area contributed by atoms with E-state index in [2.05, 4.69) is 16.0 Å². The summed E-state index contributed by atoms with van der Waals surface area (Å²) in [6.07, 6.45) is 3.82. The molecule has 0 aliphatic rings. The van der Waals surface area contributed by atoms with Crippen LogP contribution >= 0.6 is 0 Å². The van der Waals surface area contributed by atoms with Gasteiger partial charge in [-0.05, 0) is 24.6 Å². The molecule has 0 radical (unpaired) electrons. The number of nitrogens with one attached hydrogen (secondary N) is 2. The number of aromatic nitrogens is 2. The average molecular weight is 332 g/mol. The molecule has 8 heteroatoms. The van der Waals surface area contributed by atoms with Crippen LogP contribution in [-0.4, -0.2) is 35.3 Å². The zero-order valence-electron chi connectivity index (χ0n) is 13.8. The monoisotopic (exact) mass is 332 g/mol. The van der Waals surface area contributed by atoms with E-state index in [1.807, 2.05) is 6.92 Å². The number of benzene rings is 1. The molecular weight excluding hydrogens is 312 g/mol. The lowest BCUT2D eigenvalue weighted by Gasteiger charge is -2.12. The summed E-state index contributed by atoms with van der Waals surface area (Å²) < 4.78 is 12.3. The van der Waals surface area contributed by atoms with Crippen LogP contribution in [0.4, 0.5) is 0 Å². The molecule has 0 bridgehead atoms. The molecule has 2 N–H and O–H groups in total. The maximum absolute atomic E-state index is 12.1. The molecule has 2 rings (SSSR count). The lowest BCUT2D eigenvalue weighted by Crippen LogP contribution is -2.41. The van der Waals surface area contributed by atoms with Gasteiger partial charge in [0.15, 0.2) is 11.5 Å². The fourth-order valence-electron chi connectivity index (χ4n) is 1.94. The first-order valence-corrected chi connectivity index (χ1v) is 7.45. The average Bonchev–Trinajstić information content (AvgIpc) is 3.03. The Hall–Kier alpha value is -3.03. The predicted molar refractivity (Wildman–Crippen MR) is 86.9 cm³/mol. The number of amides is 2. The number of methoxy groups -OCH3 is 1. The van der Waals surface area contributed by atoms with Gasteiger partial charge in [-0.1, -0.05) is 6.92 Å². The van der Waals surface area contributed by atoms with Crippen molar-refractivity contribution in [2.24, 2.45) is 7.05 Å². The van der Waals surface area contributed by atoms with Gasteiger partial charge in [0.1, 0.15) is 0 Å². The van der Waals surface area contributed by atoms with E-state index in [4.69, 9.17) is 9.47 Å². The second-order valence-electron chi connectivity index (χ2n) is 5.03. The fourth-order valence-corrected chi connectivity index (χ4v) is 1.94. The summed E-state index contributed by atoms with van der Waals surface area (Å²) in [7, 11) is 3.20. The highest BCUT2D eigenvalue weighted by molar-refractivity contribution is 5.99. The molecule has 128 valence electrons. The molecule has 0 spiro atoms. The molecule has 0 saturated carbocycles. The Balaban J connectivity index is 2.00. The zero-order chi connectivity index (χ0) is 17.5. The molecule has 1 aromatic carbocycles. The maximum atomic E-state index is 12.1. The Bertz CT molecular complexity index is 727. The molecule has 1 heterocycles. The molecule has 24 heavy (non-hydrogen) atoms. The van der Waals surface area contributed by atoms with Gasteiger partial charge < -0.3 is 9.47 Å². The summed E-state index contributed by atoms with van der Waals surface area (Å²) in [5, 5.41) is 3.89. The summed E-state index contributed by atoms with van der Waals surface area (Å²) in [5.41, 5.74) is 5.36. The largest absolute Gasteiger partial charge is 0.493 e. The van der Waals surface area contributed by atoms with E-state index in [0.717, 1.165) is 6.42 Å². The van der Waals surface area contributed by atoms with Gasteiger partial charge in [0.2, 0.25) is 0 Å². The van der Waals surface area contributed by atoms with Crippen LogP contribution in [0.5, 0.6) is 11.5 Å². The maximum Gasteiger partial charge on any atom is 0.272 e. The molecular formula is C16H20N4O4. The van der Waals surface area contributed by atoms with Gasteiger partial charge in [-0.25, -0.2) is 0 Å². The van der Waals surface area contributed by atoms with Crippen molar-refractivity contribution in [2.75, 3.05) is 13.7 Å². The SMILES string of the molecule is CCCOc1ccc(C(=O)NNC(=O)c2cnn(C)c2)cc1OC. The van der Waals surface area contributed by atoms with Crippen LogP contribution in [0.25, 0.3) is 0 Å². The van der Waals surface area contributed by atoms with Gasteiger partial charge in [0, 0.05) is 18.8 Å². The summed E-state index contributed by atoms with van der Waals surface area (Å²) in [4.78, 5) is 24.0. The standard InChI is InChI=1S/C16H20N4O4/c1-4-7-24-13-6-5-11(8-14(13)23-3)15(21)18-19-16(22)12-9-17-20(2)10-12/h5-6,8-10H,4,7H2,1-3H3,(H,18,21)(H,19,22). The number of nitrogens with zero attached hydrogens (tertiary/aromatic N) is 2. The molecule has 8 nitrogen and oxygen atoms in total. The van der Waals surface area contributed by atoms with Crippen LogP contribution in [0.2, 0.25) is 0 Å². The van der Waals surface area contributed by atoms with E-state index < -0.39 is 11.8 Å². The third kappa shape index (κ3) is 4.25. The van der Waals surface area contributed by atoms with E-state index >= 15 is 0 Å². The van der Waals surface area contributed by atoms with Crippen molar-refractivity contribution in [3.05, 3.63) is 41.7 Å². The number of rotatable bonds is 6. The van der Waals surface area contributed by atoms with Crippen molar-refractivity contribution in [2.45, 2.75) is 13.3 Å². The van der Waals surface area contributed by atoms with Crippen LogP contribution in [0.15, 0.2) is 30.6 Å². The van der Waals surface area contributed by atoms with Crippen molar-refractivity contribution in [1.29, 1.82) is 0 Å². The molecule has 1 aromatic heterocycles. The molecule has 0 aliphatic heterocycles. The zero-order valence-corrected chi connectivity index (χ0v) is 13.8. The Morgan fingerprint density at radius 2 is 1.88 bits per heavy atom. The molecule has 0 saturated heterocycles. The van der Waals surface area contributed by atoms with Crippen LogP contribution in [0.3, 0.4) is 0 Å². The number of carbonyl (C=O) groups is 2. The molecule has 2 amide bonds. The van der Waals surface area contributed by atoms with E-state index in [-0.39, 0.29) is 0 Å². The minimum absolute atomic E-state index is 0.335. The Morgan fingerprint density at radius 1 is 1.17 bits per heavy atom. The van der Waals surface area contributed by atoms with Crippen LogP contribution in [0.1, 0.15) is 34.1 Å². The second kappa shape index (κ2) is 8.00. The Morgan fingerprint density at radius 3 is 2.46 bits per heavy atom. The highest BCUT2D eigenvalue weighted by atomic mass is 16.5. The van der Waals surface area contributed by atoms with E-state index in [0.29, 0.717) is 29.2 Å². The van der Waals surface area contributed by atoms with Gasteiger partial charge in [-0.15, -0.1) is 0 Å². The first-order valence-electron chi connectivity index (χ1n) is 7.45. The minimum Gasteiger partial charge on any atom is -0.493 e. The van der Waals surface area contributed by atoms with Crippen molar-refractivity contribution in [3.63, 3.8) is 0 Å². The first kappa shape index (κ1) is 17.3. The minimum atomic E-state index is -0.465. The number of hydrogen-bond donors (Lipinski definition) is 2. The van der Waals surface area contributed by atoms with Crippen molar-refractivity contribution in [1.82, 2.24) is 20.6 Å². The summed E-state index contributed by atoms with van der Waals surface area (Å²) in [6.45, 7) is 2.56. The van der Waals surface area contributed by atoms with Gasteiger partial charge in [-0.3, -0.25) is 25.1 Å². The number of carbonyl (C=O) groups excluding carboxylic acids is 2. The predicted octanol–water partition coefficient (Wildman–Crippen LogP) is 1.29. The van der Waals surface area contributed by atoms with Crippen LogP contribution in [-0.2, 0) is 7.05 Å². The first-order chi connectivity index (χ1) is 11.5. The lowest BCUT2D eigenvalue weighted by molar-refractivity contribution is 0.0846. The van der Waals surface area contributed by atoms with Crippen molar-refractivity contribution in [3.8, 4) is 11.5 Å². The third-order valence-electron chi connectivity index (χ3n) is 3.14. The van der Waals surface area contributed by atoms with E-state index in [9.17, 15) is 9.59 Å². The molecule has 0 unspecified atom stereocenters.